The summed E-state index contributed by atoms with van der Waals surface area (Å²) in [5.41, 5.74) is 3.34. The van der Waals surface area contributed by atoms with Crippen molar-refractivity contribution in [1.82, 2.24) is 4.90 Å². The average molecular weight is 571 g/mol. The number of carboxylic acid groups (broad SMARTS) is 1. The van der Waals surface area contributed by atoms with E-state index in [4.69, 9.17) is 14.6 Å². The molecule has 1 aliphatic carbocycles. The fourth-order valence-corrected chi connectivity index (χ4v) is 6.27. The highest BCUT2D eigenvalue weighted by Gasteiger charge is 2.40. The van der Waals surface area contributed by atoms with Crippen molar-refractivity contribution in [2.45, 2.75) is 76.2 Å². The number of nitrogens with zero attached hydrogens (tertiary/aromatic N) is 1. The van der Waals surface area contributed by atoms with Crippen molar-refractivity contribution in [2.24, 2.45) is 0 Å². The van der Waals surface area contributed by atoms with Crippen molar-refractivity contribution < 1.29 is 27.8 Å². The summed E-state index contributed by atoms with van der Waals surface area (Å²) in [6, 6.07) is 15.7. The predicted molar refractivity (Wildman–Crippen MR) is 158 cm³/mol. The molecule has 0 unspecified atom stereocenters. The molecule has 0 amide bonds. The quantitative estimate of drug-likeness (QED) is 0.308. The van der Waals surface area contributed by atoms with Crippen LogP contribution in [0.2, 0.25) is 0 Å². The van der Waals surface area contributed by atoms with Gasteiger partial charge in [-0.3, -0.25) is 14.4 Å². The molecule has 1 saturated heterocycles. The van der Waals surface area contributed by atoms with Crippen LogP contribution >= 0.6 is 0 Å². The van der Waals surface area contributed by atoms with Crippen LogP contribution in [0.5, 0.6) is 0 Å². The van der Waals surface area contributed by atoms with Gasteiger partial charge >= 0.3 is 5.97 Å². The minimum Gasteiger partial charge on any atom is -0.481 e. The van der Waals surface area contributed by atoms with E-state index in [-0.39, 0.29) is 18.6 Å². The van der Waals surface area contributed by atoms with Crippen molar-refractivity contribution in [3.05, 3.63) is 66.2 Å². The van der Waals surface area contributed by atoms with Crippen molar-refractivity contribution in [3.63, 3.8) is 0 Å². The number of aliphatic carboxylic acids is 1. The first-order valence-electron chi connectivity index (χ1n) is 14.3. The monoisotopic (exact) mass is 570 g/mol. The first-order valence-corrected chi connectivity index (χ1v) is 16.2. The number of hydrogen-bond donors (Lipinski definition) is 2. The Labute approximate surface area is 238 Å². The van der Waals surface area contributed by atoms with Crippen LogP contribution in [-0.4, -0.2) is 68.6 Å². The molecule has 0 aromatic heterocycles. The van der Waals surface area contributed by atoms with Gasteiger partial charge in [0.15, 0.2) is 0 Å². The molecule has 8 nitrogen and oxygen atoms in total. The molecule has 2 aromatic rings. The molecule has 0 radical (unpaired) electrons. The van der Waals surface area contributed by atoms with E-state index < -0.39 is 16.0 Å². The van der Waals surface area contributed by atoms with Crippen LogP contribution in [-0.2, 0) is 30.9 Å². The SMILES string of the molecule is CS(=O)(=O)Nc1ccccc1-c1ccc(CO[C@@H]2CC[C@H](N3CCCCCC3)[C@H]2OC/C=C\CCC(=O)O)cc1. The molecule has 2 N–H and O–H groups in total. The lowest BCUT2D eigenvalue weighted by Crippen LogP contribution is -2.45. The number of sulfonamides is 1. The number of allylic oxidation sites excluding steroid dienone is 1. The summed E-state index contributed by atoms with van der Waals surface area (Å²) in [7, 11) is -3.38. The third-order valence-corrected chi connectivity index (χ3v) is 8.22. The van der Waals surface area contributed by atoms with E-state index in [1.807, 2.05) is 54.6 Å². The summed E-state index contributed by atoms with van der Waals surface area (Å²) in [6.45, 7) is 3.12. The Morgan fingerprint density at radius 3 is 2.42 bits per heavy atom. The number of carbonyl (C=O) groups is 1. The van der Waals surface area contributed by atoms with Gasteiger partial charge in [-0.25, -0.2) is 8.42 Å². The molecule has 2 aliphatic rings. The number of para-hydroxylation sites is 1. The molecule has 9 heteroatoms. The fourth-order valence-electron chi connectivity index (χ4n) is 5.69. The second-order valence-corrected chi connectivity index (χ2v) is 12.5. The summed E-state index contributed by atoms with van der Waals surface area (Å²) >= 11 is 0. The number of hydrogen-bond acceptors (Lipinski definition) is 6. The lowest BCUT2D eigenvalue weighted by molar-refractivity contribution is -0.136. The Morgan fingerprint density at radius 1 is 1.00 bits per heavy atom. The molecular formula is C31H42N2O6S. The van der Waals surface area contributed by atoms with Gasteiger partial charge in [0.05, 0.1) is 37.4 Å². The maximum absolute atomic E-state index is 11.8. The van der Waals surface area contributed by atoms with Crippen molar-refractivity contribution in [1.29, 1.82) is 0 Å². The number of ether oxygens (including phenoxy) is 2. The van der Waals surface area contributed by atoms with E-state index in [0.29, 0.717) is 31.4 Å². The van der Waals surface area contributed by atoms with Crippen LogP contribution in [0.15, 0.2) is 60.7 Å². The zero-order valence-corrected chi connectivity index (χ0v) is 24.2. The zero-order chi connectivity index (χ0) is 28.4. The Balaban J connectivity index is 1.39. The van der Waals surface area contributed by atoms with Crippen LogP contribution in [0.1, 0.15) is 56.9 Å². The van der Waals surface area contributed by atoms with Crippen molar-refractivity contribution >= 4 is 21.7 Å². The molecule has 2 aromatic carbocycles. The first kappa shape index (κ1) is 30.2. The maximum atomic E-state index is 11.8. The predicted octanol–water partition coefficient (Wildman–Crippen LogP) is 5.45. The van der Waals surface area contributed by atoms with Crippen LogP contribution in [0.25, 0.3) is 11.1 Å². The topological polar surface area (TPSA) is 105 Å². The zero-order valence-electron chi connectivity index (χ0n) is 23.3. The molecule has 1 saturated carbocycles. The molecule has 4 rings (SSSR count). The lowest BCUT2D eigenvalue weighted by Gasteiger charge is -2.33. The second-order valence-electron chi connectivity index (χ2n) is 10.8. The Bertz CT molecular complexity index is 1220. The minimum atomic E-state index is -3.38. The van der Waals surface area contributed by atoms with Gasteiger partial charge in [-0.2, -0.15) is 0 Å². The number of benzene rings is 2. The number of anilines is 1. The van der Waals surface area contributed by atoms with E-state index >= 15 is 0 Å². The third-order valence-electron chi connectivity index (χ3n) is 7.63. The number of nitrogens with one attached hydrogen (secondary N) is 1. The lowest BCUT2D eigenvalue weighted by atomic mass is 10.0. The number of likely N-dealkylation sites (tertiary alicyclic amines) is 1. The normalized spacial score (nSPS) is 22.4. The molecule has 40 heavy (non-hydrogen) atoms. The average Bonchev–Trinajstić information content (AvgIpc) is 3.12. The van der Waals surface area contributed by atoms with Crippen molar-refractivity contribution in [2.75, 3.05) is 30.7 Å². The summed E-state index contributed by atoms with van der Waals surface area (Å²) in [6.07, 6.45) is 12.5. The van der Waals surface area contributed by atoms with Gasteiger partial charge in [0, 0.05) is 18.0 Å². The highest BCUT2D eigenvalue weighted by atomic mass is 32.2. The second kappa shape index (κ2) is 14.8. The molecule has 2 fully saturated rings. The highest BCUT2D eigenvalue weighted by Crippen LogP contribution is 2.33. The minimum absolute atomic E-state index is 0.0139. The van der Waals surface area contributed by atoms with E-state index in [1.165, 1.54) is 25.7 Å². The molecule has 218 valence electrons. The molecule has 0 spiro atoms. The van der Waals surface area contributed by atoms with Gasteiger partial charge in [-0.1, -0.05) is 67.5 Å². The summed E-state index contributed by atoms with van der Waals surface area (Å²) in [5, 5.41) is 8.85. The summed E-state index contributed by atoms with van der Waals surface area (Å²) in [4.78, 5) is 13.4. The molecule has 1 heterocycles. The maximum Gasteiger partial charge on any atom is 0.303 e. The van der Waals surface area contributed by atoms with Crippen LogP contribution < -0.4 is 4.72 Å². The molecule has 1 aliphatic heterocycles. The number of carboxylic acids is 1. The van der Waals surface area contributed by atoms with Gasteiger partial charge in [0.25, 0.3) is 0 Å². The van der Waals surface area contributed by atoms with Crippen molar-refractivity contribution in [3.8, 4) is 11.1 Å². The van der Waals surface area contributed by atoms with Crippen LogP contribution in [0.4, 0.5) is 5.69 Å². The van der Waals surface area contributed by atoms with Gasteiger partial charge in [-0.15, -0.1) is 0 Å². The van der Waals surface area contributed by atoms with Crippen LogP contribution in [0.3, 0.4) is 0 Å². The molecule has 0 bridgehead atoms. The Hall–Kier alpha value is -2.72. The first-order chi connectivity index (χ1) is 19.3. The van der Waals surface area contributed by atoms with E-state index in [9.17, 15) is 13.2 Å². The van der Waals surface area contributed by atoms with Gasteiger partial charge in [0.1, 0.15) is 0 Å². The van der Waals surface area contributed by atoms with Gasteiger partial charge in [-0.05, 0) is 62.4 Å². The fraction of sp³-hybridized carbons (Fsp3) is 0.516. The standard InChI is InChI=1S/C31H42N2O6S/c1-40(36,37)32-27-12-7-6-11-26(27)25-16-14-24(15-17-25)23-39-29-19-18-28(33-20-8-2-3-9-21-33)31(29)38-22-10-4-5-13-30(34)35/h4,6-7,10-12,14-17,28-29,31-32H,2-3,5,8-9,13,18-23H2,1H3,(H,34,35)/b10-4-/t28-,29+,31+/m0/s1. The van der Waals surface area contributed by atoms with Gasteiger partial charge < -0.3 is 14.6 Å². The molecule has 3 atom stereocenters. The Morgan fingerprint density at radius 2 is 1.73 bits per heavy atom. The number of rotatable bonds is 13. The summed E-state index contributed by atoms with van der Waals surface area (Å²) in [5.74, 6) is -0.793. The molecular weight excluding hydrogens is 528 g/mol. The third kappa shape index (κ3) is 9.16. The van der Waals surface area contributed by atoms with E-state index in [2.05, 4.69) is 9.62 Å². The van der Waals surface area contributed by atoms with E-state index in [0.717, 1.165) is 48.9 Å². The van der Waals surface area contributed by atoms with Crippen LogP contribution in [0, 0.1) is 0 Å². The Kier molecular flexibility index (Phi) is 11.2. The smallest absolute Gasteiger partial charge is 0.303 e. The highest BCUT2D eigenvalue weighted by molar-refractivity contribution is 7.92. The van der Waals surface area contributed by atoms with E-state index in [1.54, 1.807) is 6.07 Å². The van der Waals surface area contributed by atoms with Gasteiger partial charge in [0.2, 0.25) is 10.0 Å². The summed E-state index contributed by atoms with van der Waals surface area (Å²) < 4.78 is 39.0. The largest absolute Gasteiger partial charge is 0.481 e.